The molecule has 3 heterocycles. The van der Waals surface area contributed by atoms with Crippen LogP contribution in [0.1, 0.15) is 17.0 Å². The third-order valence-corrected chi connectivity index (χ3v) is 5.95. The Kier molecular flexibility index (Phi) is 5.54. The highest BCUT2D eigenvalue weighted by atomic mass is 32.2. The number of hydrogen-bond donors (Lipinski definition) is 0. The summed E-state index contributed by atoms with van der Waals surface area (Å²) in [7, 11) is 1.47. The molecule has 1 fully saturated rings. The lowest BCUT2D eigenvalue weighted by Gasteiger charge is -2.11. The summed E-state index contributed by atoms with van der Waals surface area (Å²) in [5.74, 6) is 0.490. The number of amides is 2. The third kappa shape index (κ3) is 4.00. The molecule has 1 aliphatic heterocycles. The second kappa shape index (κ2) is 8.31. The van der Waals surface area contributed by atoms with Gasteiger partial charge in [0.25, 0.3) is 16.8 Å². The second-order valence-corrected chi connectivity index (χ2v) is 8.10. The smallest absolute Gasteiger partial charge is 0.293 e. The Bertz CT molecular complexity index is 1260. The monoisotopic (exact) mass is 450 g/mol. The number of likely N-dealkylation sites (N-methyl/N-ethyl adjacent to an activating group) is 1. The van der Waals surface area contributed by atoms with Gasteiger partial charge in [0.05, 0.1) is 9.83 Å². The van der Waals surface area contributed by atoms with E-state index < -0.39 is 4.92 Å². The van der Waals surface area contributed by atoms with E-state index in [1.807, 2.05) is 36.6 Å². The number of pyridine rings is 1. The van der Waals surface area contributed by atoms with Gasteiger partial charge in [0.15, 0.2) is 0 Å². The molecule has 0 unspecified atom stereocenters. The quantitative estimate of drug-likeness (QED) is 0.310. The lowest BCUT2D eigenvalue weighted by molar-refractivity contribution is -0.385. The Labute approximate surface area is 187 Å². The molecule has 0 aliphatic carbocycles. The number of benzene rings is 1. The fraction of sp³-hybridized carbons (Fsp3) is 0.136. The number of ether oxygens (including phenoxy) is 1. The fourth-order valence-electron chi connectivity index (χ4n) is 3.34. The maximum Gasteiger partial charge on any atom is 0.293 e. The first-order valence-corrected chi connectivity index (χ1v) is 10.4. The number of aromatic nitrogens is 2. The first kappa shape index (κ1) is 21.3. The van der Waals surface area contributed by atoms with Crippen LogP contribution in [0.4, 0.5) is 10.5 Å². The van der Waals surface area contributed by atoms with E-state index in [2.05, 4.69) is 4.98 Å². The van der Waals surface area contributed by atoms with Crippen molar-refractivity contribution in [1.29, 1.82) is 0 Å². The highest BCUT2D eigenvalue weighted by Crippen LogP contribution is 2.33. The third-order valence-electron chi connectivity index (χ3n) is 4.99. The fourth-order valence-corrected chi connectivity index (χ4v) is 4.16. The van der Waals surface area contributed by atoms with E-state index in [-0.39, 0.29) is 22.7 Å². The summed E-state index contributed by atoms with van der Waals surface area (Å²) in [6, 6.07) is 12.0. The van der Waals surface area contributed by atoms with Gasteiger partial charge in [0.1, 0.15) is 11.9 Å². The van der Waals surface area contributed by atoms with Crippen molar-refractivity contribution in [1.82, 2.24) is 14.5 Å². The molecule has 1 aliphatic rings. The Balaban J connectivity index is 1.56. The molecule has 4 rings (SSSR count). The number of carbonyl (C=O) groups excluding carboxylic acids is 2. The highest BCUT2D eigenvalue weighted by molar-refractivity contribution is 8.18. The first-order chi connectivity index (χ1) is 15.2. The van der Waals surface area contributed by atoms with Crippen molar-refractivity contribution in [3.63, 3.8) is 0 Å². The molecule has 162 valence electrons. The van der Waals surface area contributed by atoms with Gasteiger partial charge in [-0.15, -0.1) is 0 Å². The summed E-state index contributed by atoms with van der Waals surface area (Å²) in [6.45, 7) is 3.90. The molecule has 9 nitrogen and oxygen atoms in total. The second-order valence-electron chi connectivity index (χ2n) is 7.11. The standard InChI is InChI=1S/C22H18N4O5S/c1-13-10-15(11-19-21(27)24(3)22(28)32-19)14(2)25(13)16-4-7-18(8-5-16)31-20-9-6-17(12-23-20)26(29)30/h4-12H,1-3H3/b19-11-. The molecule has 0 saturated carbocycles. The summed E-state index contributed by atoms with van der Waals surface area (Å²) in [4.78, 5) is 39.6. The summed E-state index contributed by atoms with van der Waals surface area (Å²) in [5, 5.41) is 10.4. The van der Waals surface area contributed by atoms with E-state index in [1.165, 1.54) is 19.2 Å². The van der Waals surface area contributed by atoms with E-state index in [0.717, 1.165) is 45.5 Å². The predicted molar refractivity (Wildman–Crippen MR) is 120 cm³/mol. The molecule has 2 amide bonds. The van der Waals surface area contributed by atoms with Gasteiger partial charge in [-0.1, -0.05) is 0 Å². The van der Waals surface area contributed by atoms with E-state index in [0.29, 0.717) is 10.7 Å². The largest absolute Gasteiger partial charge is 0.439 e. The van der Waals surface area contributed by atoms with Crippen molar-refractivity contribution in [3.05, 3.63) is 80.6 Å². The van der Waals surface area contributed by atoms with Crippen LogP contribution in [-0.2, 0) is 4.79 Å². The predicted octanol–water partition coefficient (Wildman–Crippen LogP) is 4.86. The zero-order chi connectivity index (χ0) is 23.0. The van der Waals surface area contributed by atoms with Gasteiger partial charge in [-0.25, -0.2) is 4.98 Å². The molecule has 10 heteroatoms. The van der Waals surface area contributed by atoms with Crippen LogP contribution in [0.15, 0.2) is 53.6 Å². The maximum absolute atomic E-state index is 12.2. The number of hydrogen-bond acceptors (Lipinski definition) is 7. The van der Waals surface area contributed by atoms with Crippen molar-refractivity contribution >= 4 is 34.7 Å². The topological polar surface area (TPSA) is 108 Å². The average Bonchev–Trinajstić information content (AvgIpc) is 3.18. The molecule has 32 heavy (non-hydrogen) atoms. The Morgan fingerprint density at radius 1 is 1.12 bits per heavy atom. The van der Waals surface area contributed by atoms with Crippen molar-refractivity contribution in [2.24, 2.45) is 0 Å². The summed E-state index contributed by atoms with van der Waals surface area (Å²) >= 11 is 0.931. The van der Waals surface area contributed by atoms with Crippen LogP contribution in [0, 0.1) is 24.0 Å². The van der Waals surface area contributed by atoms with Gasteiger partial charge in [0.2, 0.25) is 5.88 Å². The van der Waals surface area contributed by atoms with E-state index >= 15 is 0 Å². The minimum atomic E-state index is -0.519. The zero-order valence-corrected chi connectivity index (χ0v) is 18.3. The maximum atomic E-state index is 12.2. The Morgan fingerprint density at radius 2 is 1.84 bits per heavy atom. The number of thioether (sulfide) groups is 1. The molecule has 0 radical (unpaired) electrons. The summed E-state index contributed by atoms with van der Waals surface area (Å²) in [5.41, 5.74) is 3.54. The van der Waals surface area contributed by atoms with Gasteiger partial charge in [-0.2, -0.15) is 0 Å². The van der Waals surface area contributed by atoms with Crippen LogP contribution in [-0.4, -0.2) is 37.6 Å². The van der Waals surface area contributed by atoms with E-state index in [1.54, 1.807) is 18.2 Å². The normalized spacial score (nSPS) is 15.0. The van der Waals surface area contributed by atoms with Gasteiger partial charge in [-0.05, 0) is 67.6 Å². The number of aryl methyl sites for hydroxylation is 1. The minimum Gasteiger partial charge on any atom is -0.439 e. The number of nitro groups is 1. The highest BCUT2D eigenvalue weighted by Gasteiger charge is 2.32. The molecule has 1 aromatic carbocycles. The van der Waals surface area contributed by atoms with Crippen LogP contribution in [0.3, 0.4) is 0 Å². The molecule has 0 N–H and O–H groups in total. The van der Waals surface area contributed by atoms with Crippen molar-refractivity contribution < 1.29 is 19.2 Å². The summed E-state index contributed by atoms with van der Waals surface area (Å²) in [6.07, 6.45) is 2.88. The van der Waals surface area contributed by atoms with E-state index in [9.17, 15) is 19.7 Å². The van der Waals surface area contributed by atoms with Crippen LogP contribution < -0.4 is 4.74 Å². The van der Waals surface area contributed by atoms with Crippen LogP contribution in [0.2, 0.25) is 0 Å². The number of nitrogens with zero attached hydrogens (tertiary/aromatic N) is 4. The lowest BCUT2D eigenvalue weighted by atomic mass is 10.2. The molecule has 2 aromatic heterocycles. The molecule has 3 aromatic rings. The molecule has 1 saturated heterocycles. The van der Waals surface area contributed by atoms with Crippen LogP contribution in [0.5, 0.6) is 11.6 Å². The molecular weight excluding hydrogens is 432 g/mol. The SMILES string of the molecule is Cc1cc(/C=C2\SC(=O)N(C)C2=O)c(C)n1-c1ccc(Oc2ccc([N+](=O)[O-])cn2)cc1. The first-order valence-electron chi connectivity index (χ1n) is 9.54. The molecule has 0 bridgehead atoms. The Morgan fingerprint density at radius 3 is 2.41 bits per heavy atom. The molecule has 0 spiro atoms. The molecule has 0 atom stereocenters. The average molecular weight is 450 g/mol. The van der Waals surface area contributed by atoms with Crippen molar-refractivity contribution in [2.75, 3.05) is 7.05 Å². The van der Waals surface area contributed by atoms with E-state index in [4.69, 9.17) is 4.74 Å². The zero-order valence-electron chi connectivity index (χ0n) is 17.4. The van der Waals surface area contributed by atoms with Crippen molar-refractivity contribution in [2.45, 2.75) is 13.8 Å². The van der Waals surface area contributed by atoms with Crippen molar-refractivity contribution in [3.8, 4) is 17.3 Å². The van der Waals surface area contributed by atoms with Gasteiger partial charge >= 0.3 is 0 Å². The van der Waals surface area contributed by atoms with Gasteiger partial charge < -0.3 is 9.30 Å². The van der Waals surface area contributed by atoms with Crippen LogP contribution >= 0.6 is 11.8 Å². The minimum absolute atomic E-state index is 0.106. The Hall–Kier alpha value is -3.92. The summed E-state index contributed by atoms with van der Waals surface area (Å²) < 4.78 is 7.70. The van der Waals surface area contributed by atoms with Gasteiger partial charge in [0, 0.05) is 36.3 Å². The lowest BCUT2D eigenvalue weighted by Crippen LogP contribution is -2.22. The number of imide groups is 1. The number of rotatable bonds is 5. The molecular formula is C22H18N4O5S. The van der Waals surface area contributed by atoms with Crippen LogP contribution in [0.25, 0.3) is 11.8 Å². The van der Waals surface area contributed by atoms with Gasteiger partial charge in [-0.3, -0.25) is 24.6 Å². The number of carbonyl (C=O) groups is 2.